The number of benzene rings is 1. The van der Waals surface area contributed by atoms with Crippen LogP contribution in [0, 0.1) is 11.7 Å². The first-order valence-electron chi connectivity index (χ1n) is 6.93. The molecule has 0 saturated carbocycles. The molecule has 110 valence electrons. The van der Waals surface area contributed by atoms with Crippen LogP contribution in [0.2, 0.25) is 0 Å². The number of nitrogens with one attached hydrogen (secondary N) is 1. The lowest BCUT2D eigenvalue weighted by atomic mass is 10.1. The van der Waals surface area contributed by atoms with Gasteiger partial charge in [0.25, 0.3) is 0 Å². The van der Waals surface area contributed by atoms with E-state index in [4.69, 9.17) is 4.74 Å². The van der Waals surface area contributed by atoms with Gasteiger partial charge in [-0.3, -0.25) is 4.79 Å². The normalized spacial score (nSPS) is 20.8. The average Bonchev–Trinajstić information content (AvgIpc) is 2.47. The Labute approximate surface area is 118 Å². The van der Waals surface area contributed by atoms with E-state index >= 15 is 0 Å². The van der Waals surface area contributed by atoms with Gasteiger partial charge in [-0.25, -0.2) is 4.39 Å². The molecule has 4 nitrogen and oxygen atoms in total. The monoisotopic (exact) mass is 280 g/mol. The van der Waals surface area contributed by atoms with E-state index < -0.39 is 0 Å². The SMILES string of the molecule is CNC[C@H](C)C(=O)N1CCO[C@@H](c2ccccc2F)C1. The summed E-state index contributed by atoms with van der Waals surface area (Å²) in [5, 5.41) is 3.00. The summed E-state index contributed by atoms with van der Waals surface area (Å²) >= 11 is 0. The second-order valence-electron chi connectivity index (χ2n) is 5.12. The Morgan fingerprint density at radius 1 is 1.55 bits per heavy atom. The minimum atomic E-state index is -0.379. The maximum absolute atomic E-state index is 13.8. The molecule has 20 heavy (non-hydrogen) atoms. The average molecular weight is 280 g/mol. The van der Waals surface area contributed by atoms with Crippen molar-refractivity contribution < 1.29 is 13.9 Å². The summed E-state index contributed by atoms with van der Waals surface area (Å²) in [7, 11) is 1.82. The number of rotatable bonds is 4. The molecule has 0 aromatic heterocycles. The molecule has 0 aliphatic carbocycles. The third kappa shape index (κ3) is 3.35. The van der Waals surface area contributed by atoms with Gasteiger partial charge in [0, 0.05) is 24.6 Å². The van der Waals surface area contributed by atoms with Crippen molar-refractivity contribution in [2.24, 2.45) is 5.92 Å². The van der Waals surface area contributed by atoms with Gasteiger partial charge in [-0.2, -0.15) is 0 Å². The fourth-order valence-corrected chi connectivity index (χ4v) is 2.48. The van der Waals surface area contributed by atoms with Crippen molar-refractivity contribution in [2.75, 3.05) is 33.3 Å². The Hall–Kier alpha value is -1.46. The molecule has 1 fully saturated rings. The molecular weight excluding hydrogens is 259 g/mol. The quantitative estimate of drug-likeness (QED) is 0.910. The van der Waals surface area contributed by atoms with Gasteiger partial charge >= 0.3 is 0 Å². The molecule has 1 saturated heterocycles. The van der Waals surface area contributed by atoms with Gasteiger partial charge < -0.3 is 15.0 Å². The van der Waals surface area contributed by atoms with Gasteiger partial charge in [0.2, 0.25) is 5.91 Å². The van der Waals surface area contributed by atoms with E-state index in [9.17, 15) is 9.18 Å². The lowest BCUT2D eigenvalue weighted by Crippen LogP contribution is -2.46. The fourth-order valence-electron chi connectivity index (χ4n) is 2.48. The summed E-state index contributed by atoms with van der Waals surface area (Å²) < 4.78 is 19.4. The highest BCUT2D eigenvalue weighted by Crippen LogP contribution is 2.25. The number of ether oxygens (including phenoxy) is 1. The Kier molecular flexibility index (Phi) is 5.09. The maximum atomic E-state index is 13.8. The molecule has 1 amide bonds. The molecule has 1 aromatic carbocycles. The number of amides is 1. The van der Waals surface area contributed by atoms with Gasteiger partial charge in [-0.15, -0.1) is 0 Å². The Morgan fingerprint density at radius 3 is 3.00 bits per heavy atom. The molecule has 1 heterocycles. The summed E-state index contributed by atoms with van der Waals surface area (Å²) in [6, 6.07) is 6.57. The van der Waals surface area contributed by atoms with Gasteiger partial charge in [-0.1, -0.05) is 25.1 Å². The summed E-state index contributed by atoms with van der Waals surface area (Å²) in [5.74, 6) is -0.279. The van der Waals surface area contributed by atoms with Crippen molar-refractivity contribution >= 4 is 5.91 Å². The molecule has 0 spiro atoms. The fraction of sp³-hybridized carbons (Fsp3) is 0.533. The molecule has 0 unspecified atom stereocenters. The highest BCUT2D eigenvalue weighted by Gasteiger charge is 2.28. The van der Waals surface area contributed by atoms with Gasteiger partial charge in [-0.05, 0) is 13.1 Å². The van der Waals surface area contributed by atoms with Crippen molar-refractivity contribution in [3.8, 4) is 0 Å². The number of morpholine rings is 1. The smallest absolute Gasteiger partial charge is 0.226 e. The number of nitrogens with zero attached hydrogens (tertiary/aromatic N) is 1. The van der Waals surface area contributed by atoms with E-state index in [1.165, 1.54) is 6.07 Å². The van der Waals surface area contributed by atoms with Crippen LogP contribution in [0.25, 0.3) is 0 Å². The van der Waals surface area contributed by atoms with Crippen LogP contribution in [0.4, 0.5) is 4.39 Å². The first kappa shape index (κ1) is 14.9. The minimum Gasteiger partial charge on any atom is -0.370 e. The van der Waals surface area contributed by atoms with Crippen molar-refractivity contribution in [2.45, 2.75) is 13.0 Å². The predicted octanol–water partition coefficient (Wildman–Crippen LogP) is 1.58. The van der Waals surface area contributed by atoms with E-state index in [2.05, 4.69) is 5.32 Å². The largest absolute Gasteiger partial charge is 0.370 e. The molecule has 2 atom stereocenters. The van der Waals surface area contributed by atoms with Crippen LogP contribution < -0.4 is 5.32 Å². The molecule has 0 radical (unpaired) electrons. The highest BCUT2D eigenvalue weighted by molar-refractivity contribution is 5.78. The zero-order valence-electron chi connectivity index (χ0n) is 11.9. The highest BCUT2D eigenvalue weighted by atomic mass is 19.1. The molecule has 1 aromatic rings. The van der Waals surface area contributed by atoms with E-state index in [0.717, 1.165) is 0 Å². The zero-order chi connectivity index (χ0) is 14.5. The van der Waals surface area contributed by atoms with Crippen LogP contribution in [-0.4, -0.2) is 44.1 Å². The molecule has 0 bridgehead atoms. The van der Waals surface area contributed by atoms with Gasteiger partial charge in [0.05, 0.1) is 13.2 Å². The molecule has 1 N–H and O–H groups in total. The Morgan fingerprint density at radius 2 is 2.30 bits per heavy atom. The third-order valence-electron chi connectivity index (χ3n) is 3.56. The first-order valence-corrected chi connectivity index (χ1v) is 6.93. The first-order chi connectivity index (χ1) is 9.63. The maximum Gasteiger partial charge on any atom is 0.226 e. The summed E-state index contributed by atoms with van der Waals surface area (Å²) in [6.07, 6.45) is -0.379. The third-order valence-corrected chi connectivity index (χ3v) is 3.56. The van der Waals surface area contributed by atoms with E-state index in [-0.39, 0.29) is 23.7 Å². The second kappa shape index (κ2) is 6.81. The standard InChI is InChI=1S/C15H21FN2O2/c1-11(9-17-2)15(19)18-7-8-20-14(10-18)12-5-3-4-6-13(12)16/h3-6,11,14,17H,7-10H2,1-2H3/t11-,14+/m0/s1. The topological polar surface area (TPSA) is 41.6 Å². The summed E-state index contributed by atoms with van der Waals surface area (Å²) in [5.41, 5.74) is 0.520. The lowest BCUT2D eigenvalue weighted by molar-refractivity contribution is -0.142. The lowest BCUT2D eigenvalue weighted by Gasteiger charge is -2.34. The molecular formula is C15H21FN2O2. The number of carbonyl (C=O) groups excluding carboxylic acids is 1. The van der Waals surface area contributed by atoms with Crippen LogP contribution >= 0.6 is 0 Å². The second-order valence-corrected chi connectivity index (χ2v) is 5.12. The van der Waals surface area contributed by atoms with Crippen molar-refractivity contribution in [1.29, 1.82) is 0 Å². The number of hydrogen-bond acceptors (Lipinski definition) is 3. The Bertz CT molecular complexity index is 467. The van der Waals surface area contributed by atoms with E-state index in [0.29, 0.717) is 31.8 Å². The number of hydrogen-bond donors (Lipinski definition) is 1. The van der Waals surface area contributed by atoms with Gasteiger partial charge in [0.1, 0.15) is 11.9 Å². The van der Waals surface area contributed by atoms with Crippen LogP contribution in [-0.2, 0) is 9.53 Å². The van der Waals surface area contributed by atoms with Crippen molar-refractivity contribution in [3.63, 3.8) is 0 Å². The summed E-state index contributed by atoms with van der Waals surface area (Å²) in [6.45, 7) is 3.95. The zero-order valence-corrected chi connectivity index (χ0v) is 11.9. The molecule has 5 heteroatoms. The van der Waals surface area contributed by atoms with Gasteiger partial charge in [0.15, 0.2) is 0 Å². The predicted molar refractivity (Wildman–Crippen MR) is 74.8 cm³/mol. The van der Waals surface area contributed by atoms with Crippen LogP contribution in [0.1, 0.15) is 18.6 Å². The molecule has 2 rings (SSSR count). The molecule has 1 aliphatic heterocycles. The number of carbonyl (C=O) groups is 1. The van der Waals surface area contributed by atoms with Crippen LogP contribution in [0.5, 0.6) is 0 Å². The minimum absolute atomic E-state index is 0.0839. The van der Waals surface area contributed by atoms with Crippen LogP contribution in [0.15, 0.2) is 24.3 Å². The van der Waals surface area contributed by atoms with E-state index in [1.807, 2.05) is 14.0 Å². The van der Waals surface area contributed by atoms with Crippen molar-refractivity contribution in [3.05, 3.63) is 35.6 Å². The molecule has 1 aliphatic rings. The summed E-state index contributed by atoms with van der Waals surface area (Å²) in [4.78, 5) is 14.1. The number of halogens is 1. The van der Waals surface area contributed by atoms with Crippen molar-refractivity contribution in [1.82, 2.24) is 10.2 Å². The van der Waals surface area contributed by atoms with E-state index in [1.54, 1.807) is 23.1 Å². The Balaban J connectivity index is 2.05. The van der Waals surface area contributed by atoms with Crippen LogP contribution in [0.3, 0.4) is 0 Å².